The highest BCUT2D eigenvalue weighted by atomic mass is 16.5. The second kappa shape index (κ2) is 7.14. The van der Waals surface area contributed by atoms with Crippen molar-refractivity contribution in [3.63, 3.8) is 0 Å². The number of hydrogen-bond donors (Lipinski definition) is 2. The number of para-hydroxylation sites is 1. The van der Waals surface area contributed by atoms with Gasteiger partial charge in [-0.05, 0) is 50.2 Å². The quantitative estimate of drug-likeness (QED) is 0.822. The van der Waals surface area contributed by atoms with E-state index >= 15 is 0 Å². The molecule has 4 heteroatoms. The third-order valence-electron chi connectivity index (χ3n) is 4.59. The smallest absolute Gasteiger partial charge is 0.220 e. The van der Waals surface area contributed by atoms with Crippen LogP contribution in [0.2, 0.25) is 0 Å². The molecule has 3 rings (SSSR count). The van der Waals surface area contributed by atoms with Gasteiger partial charge in [-0.15, -0.1) is 0 Å². The van der Waals surface area contributed by atoms with Crippen molar-refractivity contribution in [2.75, 3.05) is 0 Å². The van der Waals surface area contributed by atoms with Crippen molar-refractivity contribution in [2.45, 2.75) is 63.2 Å². The van der Waals surface area contributed by atoms with E-state index in [1.807, 2.05) is 30.3 Å². The fraction of sp³-hybridized carbons (Fsp3) is 0.611. The fourth-order valence-electron chi connectivity index (χ4n) is 3.12. The molecule has 2 fully saturated rings. The number of carbonyl (C=O) groups is 1. The first-order valence-electron chi connectivity index (χ1n) is 8.41. The van der Waals surface area contributed by atoms with Gasteiger partial charge in [-0.1, -0.05) is 24.6 Å². The lowest BCUT2D eigenvalue weighted by molar-refractivity contribution is -0.123. The van der Waals surface area contributed by atoms with E-state index in [2.05, 4.69) is 5.32 Å². The van der Waals surface area contributed by atoms with Crippen LogP contribution in [-0.4, -0.2) is 29.3 Å². The number of ether oxygens (including phenoxy) is 1. The lowest BCUT2D eigenvalue weighted by Gasteiger charge is -2.28. The van der Waals surface area contributed by atoms with Crippen LogP contribution >= 0.6 is 0 Å². The number of amides is 1. The Balaban J connectivity index is 1.59. The zero-order valence-corrected chi connectivity index (χ0v) is 12.9. The molecule has 0 aliphatic heterocycles. The molecule has 2 aliphatic carbocycles. The third kappa shape index (κ3) is 4.23. The summed E-state index contributed by atoms with van der Waals surface area (Å²) in [6, 6.07) is 9.40. The second-order valence-electron chi connectivity index (χ2n) is 6.57. The van der Waals surface area contributed by atoms with Gasteiger partial charge >= 0.3 is 0 Å². The van der Waals surface area contributed by atoms with Crippen LogP contribution in [-0.2, 0) is 4.79 Å². The Hall–Kier alpha value is -1.55. The largest absolute Gasteiger partial charge is 0.488 e. The minimum atomic E-state index is -0.647. The maximum atomic E-state index is 12.0. The van der Waals surface area contributed by atoms with Crippen LogP contribution in [0.5, 0.6) is 5.75 Å². The van der Waals surface area contributed by atoms with Gasteiger partial charge in [0.1, 0.15) is 18.0 Å². The van der Waals surface area contributed by atoms with Gasteiger partial charge < -0.3 is 15.2 Å². The molecule has 0 heterocycles. The summed E-state index contributed by atoms with van der Waals surface area (Å²) in [5.41, 5.74) is 0. The molecule has 3 atom stereocenters. The lowest BCUT2D eigenvalue weighted by Crippen LogP contribution is -2.49. The zero-order valence-electron chi connectivity index (χ0n) is 12.9. The van der Waals surface area contributed by atoms with Gasteiger partial charge in [0.25, 0.3) is 0 Å². The van der Waals surface area contributed by atoms with Crippen molar-refractivity contribution in [2.24, 2.45) is 5.92 Å². The van der Waals surface area contributed by atoms with Crippen LogP contribution < -0.4 is 10.1 Å². The number of hydrogen-bond acceptors (Lipinski definition) is 3. The summed E-state index contributed by atoms with van der Waals surface area (Å²) < 4.78 is 5.95. The third-order valence-corrected chi connectivity index (χ3v) is 4.59. The summed E-state index contributed by atoms with van der Waals surface area (Å²) >= 11 is 0. The first-order valence-corrected chi connectivity index (χ1v) is 8.41. The Kier molecular flexibility index (Phi) is 4.98. The predicted molar refractivity (Wildman–Crippen MR) is 84.6 cm³/mol. The molecule has 0 bridgehead atoms. The molecule has 0 radical (unpaired) electrons. The van der Waals surface area contributed by atoms with Crippen molar-refractivity contribution in [3.05, 3.63) is 30.3 Å². The number of aliphatic hydroxyl groups is 1. The summed E-state index contributed by atoms with van der Waals surface area (Å²) in [5, 5.41) is 13.7. The van der Waals surface area contributed by atoms with Crippen molar-refractivity contribution in [3.8, 4) is 5.75 Å². The molecule has 22 heavy (non-hydrogen) atoms. The molecule has 4 nitrogen and oxygen atoms in total. The van der Waals surface area contributed by atoms with E-state index in [9.17, 15) is 9.90 Å². The number of rotatable bonds is 5. The zero-order chi connectivity index (χ0) is 15.4. The average Bonchev–Trinajstić information content (AvgIpc) is 3.33. The number of aliphatic hydroxyl groups excluding tert-OH is 1. The molecule has 2 saturated carbocycles. The van der Waals surface area contributed by atoms with E-state index in [0.717, 1.165) is 31.4 Å². The van der Waals surface area contributed by atoms with Gasteiger partial charge in [0.05, 0.1) is 6.04 Å². The molecule has 0 unspecified atom stereocenters. The van der Waals surface area contributed by atoms with Crippen molar-refractivity contribution in [1.82, 2.24) is 5.32 Å². The molecule has 2 N–H and O–H groups in total. The normalized spacial score (nSPS) is 28.7. The average molecular weight is 303 g/mol. The Morgan fingerprint density at radius 1 is 1.14 bits per heavy atom. The van der Waals surface area contributed by atoms with Crippen LogP contribution in [0.3, 0.4) is 0 Å². The van der Waals surface area contributed by atoms with Gasteiger partial charge in [-0.2, -0.15) is 0 Å². The van der Waals surface area contributed by atoms with Crippen molar-refractivity contribution in [1.29, 1.82) is 0 Å². The van der Waals surface area contributed by atoms with Gasteiger partial charge in [0.15, 0.2) is 0 Å². The van der Waals surface area contributed by atoms with E-state index in [1.54, 1.807) is 0 Å². The van der Waals surface area contributed by atoms with E-state index in [1.165, 1.54) is 12.8 Å². The highest BCUT2D eigenvalue weighted by Crippen LogP contribution is 2.32. The summed E-state index contributed by atoms with van der Waals surface area (Å²) in [4.78, 5) is 12.0. The van der Waals surface area contributed by atoms with Crippen molar-refractivity contribution >= 4 is 5.91 Å². The molecule has 1 amide bonds. The van der Waals surface area contributed by atoms with Crippen LogP contribution in [0.4, 0.5) is 0 Å². The van der Waals surface area contributed by atoms with Crippen LogP contribution in [0.25, 0.3) is 0 Å². The van der Waals surface area contributed by atoms with Gasteiger partial charge in [0.2, 0.25) is 5.91 Å². The maximum Gasteiger partial charge on any atom is 0.220 e. The first kappa shape index (κ1) is 15.3. The number of carbonyl (C=O) groups excluding carboxylic acids is 1. The topological polar surface area (TPSA) is 58.6 Å². The summed E-state index contributed by atoms with van der Waals surface area (Å²) in [5.74, 6) is 1.42. The van der Waals surface area contributed by atoms with E-state index in [0.29, 0.717) is 12.3 Å². The monoisotopic (exact) mass is 303 g/mol. The maximum absolute atomic E-state index is 12.0. The van der Waals surface area contributed by atoms with Crippen LogP contribution in [0, 0.1) is 5.92 Å². The minimum absolute atomic E-state index is 0.0758. The Morgan fingerprint density at radius 3 is 2.59 bits per heavy atom. The number of nitrogens with one attached hydrogen (secondary N) is 1. The van der Waals surface area contributed by atoms with Crippen molar-refractivity contribution < 1.29 is 14.6 Å². The highest BCUT2D eigenvalue weighted by Gasteiger charge is 2.33. The molecular weight excluding hydrogens is 278 g/mol. The van der Waals surface area contributed by atoms with E-state index in [-0.39, 0.29) is 18.1 Å². The molecule has 2 aliphatic rings. The first-order chi connectivity index (χ1) is 10.7. The molecule has 0 spiro atoms. The second-order valence-corrected chi connectivity index (χ2v) is 6.57. The molecular formula is C18H25NO3. The molecule has 120 valence electrons. The standard InChI is InChI=1S/C18H25NO3/c20-17(12-13-10-11-13)19-15-8-4-5-9-16(18(15)21)22-14-6-2-1-3-7-14/h1-3,6-7,13,15-16,18,21H,4-5,8-12H2,(H,19,20)/t15-,16-,18-/m1/s1. The summed E-state index contributed by atoms with van der Waals surface area (Å²) in [7, 11) is 0. The van der Waals surface area contributed by atoms with Gasteiger partial charge in [-0.3, -0.25) is 4.79 Å². The summed E-state index contributed by atoms with van der Waals surface area (Å²) in [6.07, 6.45) is 5.72. The molecule has 0 saturated heterocycles. The molecule has 0 aromatic heterocycles. The van der Waals surface area contributed by atoms with Gasteiger partial charge in [-0.25, -0.2) is 0 Å². The highest BCUT2D eigenvalue weighted by molar-refractivity contribution is 5.76. The Bertz CT molecular complexity index is 486. The Morgan fingerprint density at radius 2 is 1.86 bits per heavy atom. The predicted octanol–water partition coefficient (Wildman–Crippen LogP) is 2.65. The Labute approximate surface area is 131 Å². The number of benzene rings is 1. The van der Waals surface area contributed by atoms with Gasteiger partial charge in [0, 0.05) is 6.42 Å². The van der Waals surface area contributed by atoms with E-state index < -0.39 is 6.10 Å². The molecule has 1 aromatic carbocycles. The lowest BCUT2D eigenvalue weighted by atomic mass is 10.0. The van der Waals surface area contributed by atoms with E-state index in [4.69, 9.17) is 4.74 Å². The van der Waals surface area contributed by atoms with Crippen LogP contribution in [0.15, 0.2) is 30.3 Å². The molecule has 1 aromatic rings. The van der Waals surface area contributed by atoms with Crippen LogP contribution in [0.1, 0.15) is 44.9 Å². The minimum Gasteiger partial charge on any atom is -0.488 e. The summed E-state index contributed by atoms with van der Waals surface area (Å²) in [6.45, 7) is 0. The SMILES string of the molecule is O=C(CC1CC1)N[C@@H]1CCCC[C@@H](Oc2ccccc2)[C@@H]1O. The fourth-order valence-corrected chi connectivity index (χ4v) is 3.12.